The number of ether oxygens (including phenoxy) is 1. The van der Waals surface area contributed by atoms with Crippen LogP contribution in [0.15, 0.2) is 56.7 Å². The van der Waals surface area contributed by atoms with Crippen LogP contribution in [0.25, 0.3) is 5.69 Å². The molecule has 7 heteroatoms. The smallest absolute Gasteiger partial charge is 0.297 e. The molecule has 0 atom stereocenters. The highest BCUT2D eigenvalue weighted by atomic mass is 79.9. The molecule has 6 nitrogen and oxygen atoms in total. The first-order valence-corrected chi connectivity index (χ1v) is 8.68. The van der Waals surface area contributed by atoms with Crippen molar-refractivity contribution >= 4 is 27.8 Å². The Morgan fingerprint density at radius 3 is 2.58 bits per heavy atom. The Morgan fingerprint density at radius 2 is 1.92 bits per heavy atom. The minimum Gasteiger partial charge on any atom is -0.503 e. The van der Waals surface area contributed by atoms with Crippen LogP contribution in [0.2, 0.25) is 0 Å². The molecule has 0 aliphatic carbocycles. The summed E-state index contributed by atoms with van der Waals surface area (Å²) in [4.78, 5) is 17.2. The van der Waals surface area contributed by atoms with Gasteiger partial charge in [-0.1, -0.05) is 18.2 Å². The van der Waals surface area contributed by atoms with E-state index in [1.54, 1.807) is 27.7 Å². The van der Waals surface area contributed by atoms with Crippen molar-refractivity contribution in [2.45, 2.75) is 6.92 Å². The average molecular weight is 416 g/mol. The minimum atomic E-state index is -0.197. The summed E-state index contributed by atoms with van der Waals surface area (Å²) in [6.07, 6.45) is 1.58. The van der Waals surface area contributed by atoms with E-state index in [-0.39, 0.29) is 11.3 Å². The molecule has 134 valence electrons. The van der Waals surface area contributed by atoms with Gasteiger partial charge < -0.3 is 9.84 Å². The monoisotopic (exact) mass is 415 g/mol. The van der Waals surface area contributed by atoms with Crippen LogP contribution in [-0.4, -0.2) is 27.8 Å². The van der Waals surface area contributed by atoms with Crippen LogP contribution in [0.3, 0.4) is 0 Å². The molecule has 1 aromatic heterocycles. The lowest BCUT2D eigenvalue weighted by atomic mass is 10.2. The van der Waals surface area contributed by atoms with Gasteiger partial charge >= 0.3 is 0 Å². The molecule has 1 N–H and O–H groups in total. The van der Waals surface area contributed by atoms with Crippen molar-refractivity contribution in [2.24, 2.45) is 12.0 Å². The first-order chi connectivity index (χ1) is 12.4. The second-order valence-corrected chi connectivity index (χ2v) is 6.58. The predicted octanol–water partition coefficient (Wildman–Crippen LogP) is 3.71. The van der Waals surface area contributed by atoms with Crippen LogP contribution in [0.1, 0.15) is 11.3 Å². The minimum absolute atomic E-state index is 0.0203. The number of phenolic OH excluding ortho intramolecular Hbond substituents is 1. The highest BCUT2D eigenvalue weighted by molar-refractivity contribution is 9.10. The van der Waals surface area contributed by atoms with Gasteiger partial charge in [0.05, 0.1) is 23.0 Å². The molecule has 0 saturated carbocycles. The van der Waals surface area contributed by atoms with Gasteiger partial charge in [0.2, 0.25) is 0 Å². The van der Waals surface area contributed by atoms with Gasteiger partial charge in [0.15, 0.2) is 17.2 Å². The molecule has 0 unspecified atom stereocenters. The second-order valence-electron chi connectivity index (χ2n) is 5.72. The fourth-order valence-electron chi connectivity index (χ4n) is 2.67. The third-order valence-electron chi connectivity index (χ3n) is 4.14. The van der Waals surface area contributed by atoms with Crippen LogP contribution in [0.5, 0.6) is 11.5 Å². The quantitative estimate of drug-likeness (QED) is 0.660. The molecule has 0 aliphatic heterocycles. The van der Waals surface area contributed by atoms with Gasteiger partial charge in [-0.2, -0.15) is 0 Å². The van der Waals surface area contributed by atoms with Crippen LogP contribution in [0.4, 0.5) is 5.69 Å². The molecule has 0 amide bonds. The SMILES string of the molecule is COc1cc(C=Nc2c(C)n(C)n(-c3ccccc3)c2=O)cc(Br)c1O. The van der Waals surface area contributed by atoms with E-state index in [4.69, 9.17) is 4.74 Å². The predicted molar refractivity (Wildman–Crippen MR) is 105 cm³/mol. The number of hydrogen-bond acceptors (Lipinski definition) is 4. The van der Waals surface area contributed by atoms with Crippen LogP contribution in [-0.2, 0) is 7.05 Å². The molecular formula is C19H18BrN3O3. The number of hydrogen-bond donors (Lipinski definition) is 1. The van der Waals surface area contributed by atoms with Crippen LogP contribution < -0.4 is 10.3 Å². The van der Waals surface area contributed by atoms with Gasteiger partial charge in [-0.05, 0) is 52.7 Å². The summed E-state index contributed by atoms with van der Waals surface area (Å²) in [5.41, 5.74) is 2.38. The number of aromatic nitrogens is 2. The van der Waals surface area contributed by atoms with Gasteiger partial charge in [0, 0.05) is 13.3 Å². The Morgan fingerprint density at radius 1 is 1.23 bits per heavy atom. The summed E-state index contributed by atoms with van der Waals surface area (Å²) >= 11 is 3.28. The number of nitrogens with zero attached hydrogens (tertiary/aromatic N) is 3. The van der Waals surface area contributed by atoms with Gasteiger partial charge in [0.1, 0.15) is 0 Å². The van der Waals surface area contributed by atoms with Crippen LogP contribution >= 0.6 is 15.9 Å². The van der Waals surface area contributed by atoms with E-state index in [0.717, 1.165) is 11.4 Å². The Labute approximate surface area is 159 Å². The van der Waals surface area contributed by atoms with Gasteiger partial charge in [-0.25, -0.2) is 9.67 Å². The lowest BCUT2D eigenvalue weighted by Crippen LogP contribution is -2.19. The zero-order chi connectivity index (χ0) is 18.8. The Hall–Kier alpha value is -2.80. The fraction of sp³-hybridized carbons (Fsp3) is 0.158. The Bertz CT molecular complexity index is 1040. The highest BCUT2D eigenvalue weighted by Crippen LogP contribution is 2.34. The number of rotatable bonds is 4. The number of aromatic hydroxyl groups is 1. The zero-order valence-electron chi connectivity index (χ0n) is 14.6. The number of benzene rings is 2. The third-order valence-corrected chi connectivity index (χ3v) is 4.74. The number of aliphatic imine (C=N–C) groups is 1. The molecule has 26 heavy (non-hydrogen) atoms. The van der Waals surface area contributed by atoms with Gasteiger partial charge in [-0.15, -0.1) is 0 Å². The van der Waals surface area contributed by atoms with E-state index in [9.17, 15) is 9.90 Å². The van der Waals surface area contributed by atoms with Crippen molar-refractivity contribution in [3.05, 3.63) is 68.5 Å². The normalized spacial score (nSPS) is 11.2. The molecular weight excluding hydrogens is 398 g/mol. The molecule has 0 fully saturated rings. The van der Waals surface area contributed by atoms with E-state index >= 15 is 0 Å². The van der Waals surface area contributed by atoms with Crippen molar-refractivity contribution < 1.29 is 9.84 Å². The number of methoxy groups -OCH3 is 1. The third kappa shape index (κ3) is 3.17. The number of para-hydroxylation sites is 1. The molecule has 2 aromatic carbocycles. The van der Waals surface area contributed by atoms with Crippen molar-refractivity contribution in [1.29, 1.82) is 0 Å². The average Bonchev–Trinajstić information content (AvgIpc) is 2.85. The summed E-state index contributed by atoms with van der Waals surface area (Å²) in [5, 5.41) is 9.89. The van der Waals surface area contributed by atoms with Crippen LogP contribution in [0, 0.1) is 6.92 Å². The molecule has 0 saturated heterocycles. The summed E-state index contributed by atoms with van der Waals surface area (Å²) in [7, 11) is 3.30. The van der Waals surface area contributed by atoms with E-state index in [1.165, 1.54) is 7.11 Å². The van der Waals surface area contributed by atoms with Crippen molar-refractivity contribution in [2.75, 3.05) is 7.11 Å². The second kappa shape index (κ2) is 7.21. The molecule has 1 heterocycles. The topological polar surface area (TPSA) is 68.8 Å². The first-order valence-electron chi connectivity index (χ1n) is 7.88. The molecule has 0 spiro atoms. The maximum Gasteiger partial charge on any atom is 0.297 e. The summed E-state index contributed by atoms with van der Waals surface area (Å²) in [6.45, 7) is 1.85. The Kier molecular flexibility index (Phi) is 4.99. The summed E-state index contributed by atoms with van der Waals surface area (Å²) < 4.78 is 8.98. The molecule has 0 aliphatic rings. The van der Waals surface area contributed by atoms with Gasteiger partial charge in [0.25, 0.3) is 5.56 Å². The lowest BCUT2D eigenvalue weighted by Gasteiger charge is -2.07. The van der Waals surface area contributed by atoms with E-state index in [1.807, 2.05) is 44.3 Å². The maximum absolute atomic E-state index is 12.8. The van der Waals surface area contributed by atoms with Crippen molar-refractivity contribution in [3.63, 3.8) is 0 Å². The summed E-state index contributed by atoms with van der Waals surface area (Å²) in [5.74, 6) is 0.347. The lowest BCUT2D eigenvalue weighted by molar-refractivity contribution is 0.372. The Balaban J connectivity index is 2.06. The van der Waals surface area contributed by atoms with Crippen molar-refractivity contribution in [3.8, 4) is 17.2 Å². The van der Waals surface area contributed by atoms with Gasteiger partial charge in [-0.3, -0.25) is 9.48 Å². The zero-order valence-corrected chi connectivity index (χ0v) is 16.2. The molecule has 3 aromatic rings. The molecule has 0 bridgehead atoms. The highest BCUT2D eigenvalue weighted by Gasteiger charge is 2.15. The summed E-state index contributed by atoms with van der Waals surface area (Å²) in [6, 6.07) is 12.8. The van der Waals surface area contributed by atoms with Crippen molar-refractivity contribution in [1.82, 2.24) is 9.36 Å². The number of halogens is 1. The number of phenols is 1. The maximum atomic E-state index is 12.8. The van der Waals surface area contributed by atoms with E-state index < -0.39 is 0 Å². The molecule has 3 rings (SSSR count). The molecule has 0 radical (unpaired) electrons. The standard InChI is InChI=1S/C19H18BrN3O3/c1-12-17(19(25)23(22(12)2)14-7-5-4-6-8-14)21-11-13-9-15(20)18(24)16(10-13)26-3/h4-11,24H,1-3H3. The van der Waals surface area contributed by atoms with E-state index in [2.05, 4.69) is 20.9 Å². The fourth-order valence-corrected chi connectivity index (χ4v) is 3.13. The first kappa shape index (κ1) is 18.0. The van der Waals surface area contributed by atoms with E-state index in [0.29, 0.717) is 21.5 Å². The largest absolute Gasteiger partial charge is 0.503 e.